The standard InChI is InChI=1S/C71H134O12/c1-4-7-10-13-16-19-22-25-28-31-32-35-38-41-44-47-50-53-56-59-65(74)82-69-67(76)66(75)68(70(77)78)83-71(69)80-61-62(81-64(73)58-55-52-49-46-43-40-37-34-30-27-24-21-18-15-12-9-6-3)60-79-63(72)57-54-51-48-45-42-39-36-33-29-26-23-20-17-14-11-8-5-2/h62,66-69,71,75-76H,4-61H2,1-3H3,(H,77,78). The topological polar surface area (TPSA) is 175 Å². The number of carboxylic acids is 1. The quantitative estimate of drug-likeness (QED) is 0.0299. The molecule has 0 aliphatic carbocycles. The Labute approximate surface area is 510 Å². The van der Waals surface area contributed by atoms with Crippen molar-refractivity contribution in [1.29, 1.82) is 0 Å². The lowest BCUT2D eigenvalue weighted by atomic mass is 9.98. The molecule has 83 heavy (non-hydrogen) atoms. The van der Waals surface area contributed by atoms with E-state index in [1.165, 1.54) is 263 Å². The maximum atomic E-state index is 13.2. The summed E-state index contributed by atoms with van der Waals surface area (Å²) >= 11 is 0. The number of hydrogen-bond acceptors (Lipinski definition) is 11. The van der Waals surface area contributed by atoms with Crippen molar-refractivity contribution in [2.45, 2.75) is 417 Å². The number of aliphatic hydroxyl groups excluding tert-OH is 2. The highest BCUT2D eigenvalue weighted by Gasteiger charge is 2.50. The second kappa shape index (κ2) is 60.0. The molecular formula is C71H134O12. The first-order chi connectivity index (χ1) is 40.6. The van der Waals surface area contributed by atoms with Gasteiger partial charge in [0.05, 0.1) is 6.61 Å². The number of aliphatic carboxylic acids is 1. The van der Waals surface area contributed by atoms with E-state index in [0.29, 0.717) is 19.3 Å². The van der Waals surface area contributed by atoms with Gasteiger partial charge in [-0.3, -0.25) is 14.4 Å². The van der Waals surface area contributed by atoms with Crippen LogP contribution in [0, 0.1) is 0 Å². The molecule has 1 heterocycles. The van der Waals surface area contributed by atoms with Crippen LogP contribution in [0.1, 0.15) is 380 Å². The zero-order valence-electron chi connectivity index (χ0n) is 54.5. The number of hydrogen-bond donors (Lipinski definition) is 3. The van der Waals surface area contributed by atoms with Crippen LogP contribution >= 0.6 is 0 Å². The minimum absolute atomic E-state index is 0.0717. The van der Waals surface area contributed by atoms with Gasteiger partial charge in [0.1, 0.15) is 18.8 Å². The second-order valence-corrected chi connectivity index (χ2v) is 25.3. The zero-order chi connectivity index (χ0) is 60.3. The molecule has 0 spiro atoms. The number of esters is 3. The molecule has 0 saturated carbocycles. The summed E-state index contributed by atoms with van der Waals surface area (Å²) in [6.07, 6.45) is 56.3. The summed E-state index contributed by atoms with van der Waals surface area (Å²) in [6.45, 7) is 6.10. The molecule has 0 bridgehead atoms. The Kier molecular flexibility index (Phi) is 56.9. The Morgan fingerprint density at radius 2 is 0.614 bits per heavy atom. The summed E-state index contributed by atoms with van der Waals surface area (Å²) in [4.78, 5) is 51.5. The molecule has 12 heteroatoms. The molecule has 1 fully saturated rings. The smallest absolute Gasteiger partial charge is 0.335 e. The average molecular weight is 1180 g/mol. The van der Waals surface area contributed by atoms with Crippen molar-refractivity contribution < 1.29 is 58.2 Å². The largest absolute Gasteiger partial charge is 0.479 e. The minimum atomic E-state index is -1.89. The van der Waals surface area contributed by atoms with Crippen LogP contribution in [0.5, 0.6) is 0 Å². The van der Waals surface area contributed by atoms with Crippen LogP contribution in [-0.4, -0.2) is 89.2 Å². The summed E-state index contributed by atoms with van der Waals surface area (Å²) in [5.74, 6) is -3.05. The first-order valence-corrected chi connectivity index (χ1v) is 36.0. The van der Waals surface area contributed by atoms with Gasteiger partial charge in [0.2, 0.25) is 0 Å². The molecule has 1 aliphatic heterocycles. The maximum absolute atomic E-state index is 13.2. The van der Waals surface area contributed by atoms with Crippen molar-refractivity contribution >= 4 is 23.9 Å². The van der Waals surface area contributed by atoms with E-state index in [2.05, 4.69) is 20.8 Å². The third-order valence-electron chi connectivity index (χ3n) is 17.2. The monoisotopic (exact) mass is 1180 g/mol. The molecule has 0 radical (unpaired) electrons. The fraction of sp³-hybridized carbons (Fsp3) is 0.944. The average Bonchev–Trinajstić information content (AvgIpc) is 3.55. The fourth-order valence-electron chi connectivity index (χ4n) is 11.7. The Morgan fingerprint density at radius 3 is 0.904 bits per heavy atom. The van der Waals surface area contributed by atoms with E-state index in [1.54, 1.807) is 0 Å². The number of aliphatic hydroxyl groups is 2. The molecule has 0 amide bonds. The molecular weight excluding hydrogens is 1040 g/mol. The first-order valence-electron chi connectivity index (χ1n) is 36.0. The van der Waals surface area contributed by atoms with Gasteiger partial charge in [0, 0.05) is 19.3 Å². The highest BCUT2D eigenvalue weighted by atomic mass is 16.7. The SMILES string of the molecule is CCCCCCCCCCCCCCCCCCCCCC(=O)OC1C(OCC(COC(=O)CCCCCCCCCCCCCCCCCCC)OC(=O)CCCCCCCCCCCCCCCCCCC)OC(C(=O)O)C(O)C1O. The van der Waals surface area contributed by atoms with Crippen molar-refractivity contribution in [2.24, 2.45) is 0 Å². The highest BCUT2D eigenvalue weighted by molar-refractivity contribution is 5.74. The van der Waals surface area contributed by atoms with E-state index in [4.69, 9.17) is 23.7 Å². The van der Waals surface area contributed by atoms with Gasteiger partial charge in [-0.2, -0.15) is 0 Å². The number of unbranched alkanes of at least 4 members (excludes halogenated alkanes) is 50. The molecule has 1 rings (SSSR count). The molecule has 490 valence electrons. The number of carboxylic acid groups (broad SMARTS) is 1. The van der Waals surface area contributed by atoms with Crippen molar-refractivity contribution in [3.63, 3.8) is 0 Å². The van der Waals surface area contributed by atoms with Crippen molar-refractivity contribution in [3.8, 4) is 0 Å². The van der Waals surface area contributed by atoms with Crippen molar-refractivity contribution in [3.05, 3.63) is 0 Å². The van der Waals surface area contributed by atoms with Gasteiger partial charge in [-0.05, 0) is 19.3 Å². The molecule has 6 unspecified atom stereocenters. The van der Waals surface area contributed by atoms with E-state index in [1.807, 2.05) is 0 Å². The summed E-state index contributed by atoms with van der Waals surface area (Å²) in [5, 5.41) is 31.7. The Bertz CT molecular complexity index is 1440. The van der Waals surface area contributed by atoms with E-state index < -0.39 is 67.3 Å². The van der Waals surface area contributed by atoms with Crippen LogP contribution in [0.25, 0.3) is 0 Å². The lowest BCUT2D eigenvalue weighted by molar-refractivity contribution is -0.301. The molecule has 0 aromatic carbocycles. The Balaban J connectivity index is 2.59. The maximum Gasteiger partial charge on any atom is 0.335 e. The van der Waals surface area contributed by atoms with E-state index in [-0.39, 0.29) is 25.9 Å². The molecule has 3 N–H and O–H groups in total. The van der Waals surface area contributed by atoms with Gasteiger partial charge < -0.3 is 39.0 Å². The molecule has 1 saturated heterocycles. The summed E-state index contributed by atoms with van der Waals surface area (Å²) in [6, 6.07) is 0. The highest BCUT2D eigenvalue weighted by Crippen LogP contribution is 2.27. The van der Waals surface area contributed by atoms with Gasteiger partial charge in [-0.1, -0.05) is 342 Å². The predicted molar refractivity (Wildman–Crippen MR) is 341 cm³/mol. The van der Waals surface area contributed by atoms with E-state index in [9.17, 15) is 34.5 Å². The number of rotatable bonds is 64. The van der Waals surface area contributed by atoms with Crippen LogP contribution in [0.15, 0.2) is 0 Å². The molecule has 1 aliphatic rings. The fourth-order valence-corrected chi connectivity index (χ4v) is 11.7. The number of carbonyl (C=O) groups excluding carboxylic acids is 3. The van der Waals surface area contributed by atoms with Crippen LogP contribution in [0.2, 0.25) is 0 Å². The second-order valence-electron chi connectivity index (χ2n) is 25.3. The van der Waals surface area contributed by atoms with Crippen molar-refractivity contribution in [2.75, 3.05) is 13.2 Å². The first kappa shape index (κ1) is 78.7. The Hall–Kier alpha value is -2.28. The van der Waals surface area contributed by atoms with Gasteiger partial charge >= 0.3 is 23.9 Å². The van der Waals surface area contributed by atoms with Gasteiger partial charge in [-0.15, -0.1) is 0 Å². The lowest BCUT2D eigenvalue weighted by Crippen LogP contribution is -2.61. The van der Waals surface area contributed by atoms with Crippen LogP contribution in [0.4, 0.5) is 0 Å². The summed E-state index contributed by atoms with van der Waals surface area (Å²) in [5.41, 5.74) is 0. The molecule has 0 aromatic rings. The van der Waals surface area contributed by atoms with Gasteiger partial charge in [-0.25, -0.2) is 4.79 Å². The molecule has 0 aromatic heterocycles. The lowest BCUT2D eigenvalue weighted by Gasteiger charge is -2.40. The third kappa shape index (κ3) is 49.4. The van der Waals surface area contributed by atoms with Crippen LogP contribution in [0.3, 0.4) is 0 Å². The zero-order valence-corrected chi connectivity index (χ0v) is 54.5. The molecule has 12 nitrogen and oxygen atoms in total. The van der Waals surface area contributed by atoms with E-state index in [0.717, 1.165) is 57.8 Å². The Morgan fingerprint density at radius 1 is 0.349 bits per heavy atom. The summed E-state index contributed by atoms with van der Waals surface area (Å²) in [7, 11) is 0. The molecule has 6 atom stereocenters. The van der Waals surface area contributed by atoms with Crippen LogP contribution in [-0.2, 0) is 42.9 Å². The van der Waals surface area contributed by atoms with E-state index >= 15 is 0 Å². The third-order valence-corrected chi connectivity index (χ3v) is 17.2. The summed E-state index contributed by atoms with van der Waals surface area (Å²) < 4.78 is 28.7. The van der Waals surface area contributed by atoms with Crippen LogP contribution < -0.4 is 0 Å². The number of ether oxygens (including phenoxy) is 5. The van der Waals surface area contributed by atoms with Crippen molar-refractivity contribution in [1.82, 2.24) is 0 Å². The predicted octanol–water partition coefficient (Wildman–Crippen LogP) is 19.8. The van der Waals surface area contributed by atoms with Gasteiger partial charge in [0.25, 0.3) is 0 Å². The minimum Gasteiger partial charge on any atom is -0.479 e. The van der Waals surface area contributed by atoms with Gasteiger partial charge in [0.15, 0.2) is 24.6 Å². The number of carbonyl (C=O) groups is 4. The normalized spacial score (nSPS) is 17.4.